The smallest absolute Gasteiger partial charge is 0.295 e. The van der Waals surface area contributed by atoms with Crippen LogP contribution in [0.25, 0.3) is 32.7 Å². The van der Waals surface area contributed by atoms with E-state index in [1.54, 1.807) is 48.5 Å². The number of phenolic OH excluding ortho intramolecular Hbond substituents is 1. The first-order chi connectivity index (χ1) is 22.3. The van der Waals surface area contributed by atoms with Crippen LogP contribution in [0, 0.1) is 0 Å². The van der Waals surface area contributed by atoms with Gasteiger partial charge in [0.15, 0.2) is 0 Å². The van der Waals surface area contributed by atoms with Crippen molar-refractivity contribution in [1.29, 1.82) is 0 Å². The Hall–Kier alpha value is -5.74. The van der Waals surface area contributed by atoms with Gasteiger partial charge in [-0.1, -0.05) is 54.6 Å². The van der Waals surface area contributed by atoms with Crippen molar-refractivity contribution in [1.82, 2.24) is 0 Å². The minimum Gasteiger partial charge on any atom is -0.507 e. The van der Waals surface area contributed by atoms with E-state index in [-0.39, 0.29) is 38.4 Å². The number of nitrogen functional groups attached to an aromatic ring is 2. The lowest BCUT2D eigenvalue weighted by Crippen LogP contribution is -2.01. The lowest BCUT2D eigenvalue weighted by Gasteiger charge is -2.09. The summed E-state index contributed by atoms with van der Waals surface area (Å²) < 4.78 is 66.1. The van der Waals surface area contributed by atoms with E-state index in [9.17, 15) is 31.0 Å². The summed E-state index contributed by atoms with van der Waals surface area (Å²) in [5.41, 5.74) is 15.6. The maximum Gasteiger partial charge on any atom is 0.295 e. The van der Waals surface area contributed by atoms with Crippen molar-refractivity contribution in [3.8, 4) is 16.9 Å². The maximum atomic E-state index is 12.0. The first-order valence-corrected chi connectivity index (χ1v) is 16.5. The number of phenols is 1. The molecule has 15 heteroatoms. The molecule has 6 rings (SSSR count). The Morgan fingerprint density at radius 3 is 1.74 bits per heavy atom. The van der Waals surface area contributed by atoms with Gasteiger partial charge in [-0.25, -0.2) is 0 Å². The van der Waals surface area contributed by atoms with Gasteiger partial charge < -0.3 is 16.6 Å². The van der Waals surface area contributed by atoms with Gasteiger partial charge in [0.1, 0.15) is 22.0 Å². The Kier molecular flexibility index (Phi) is 7.90. The Labute approximate surface area is 268 Å². The predicted octanol–water partition coefficient (Wildman–Crippen LogP) is 7.85. The number of nitrogens with zero attached hydrogens (tertiary/aromatic N) is 4. The van der Waals surface area contributed by atoms with Gasteiger partial charge in [0.2, 0.25) is 0 Å². The van der Waals surface area contributed by atoms with E-state index in [1.165, 1.54) is 24.3 Å². The molecule has 6 aromatic carbocycles. The number of hydrogen-bond donors (Lipinski definition) is 5. The van der Waals surface area contributed by atoms with Crippen LogP contribution in [-0.2, 0) is 20.2 Å². The van der Waals surface area contributed by atoms with Crippen molar-refractivity contribution in [2.75, 3.05) is 11.5 Å². The Bertz CT molecular complexity index is 2480. The van der Waals surface area contributed by atoms with E-state index >= 15 is 0 Å². The number of aromatic hydroxyl groups is 1. The zero-order chi connectivity index (χ0) is 33.5. The van der Waals surface area contributed by atoms with E-state index in [2.05, 4.69) is 20.5 Å². The highest BCUT2D eigenvalue weighted by atomic mass is 32.2. The molecule has 236 valence electrons. The summed E-state index contributed by atoms with van der Waals surface area (Å²) in [6.45, 7) is 0. The van der Waals surface area contributed by atoms with Crippen molar-refractivity contribution in [3.05, 3.63) is 103 Å². The monoisotopic (exact) mass is 668 g/mol. The van der Waals surface area contributed by atoms with Crippen molar-refractivity contribution in [3.63, 3.8) is 0 Å². The summed E-state index contributed by atoms with van der Waals surface area (Å²) in [5.74, 6) is -0.432. The fourth-order valence-electron chi connectivity index (χ4n) is 4.98. The van der Waals surface area contributed by atoms with Crippen molar-refractivity contribution < 1.29 is 31.0 Å². The zero-order valence-electron chi connectivity index (χ0n) is 24.0. The van der Waals surface area contributed by atoms with E-state index in [0.29, 0.717) is 22.1 Å². The van der Waals surface area contributed by atoms with E-state index in [1.807, 2.05) is 24.3 Å². The number of azo groups is 2. The average molecular weight is 669 g/mol. The molecule has 0 fully saturated rings. The Morgan fingerprint density at radius 2 is 1.17 bits per heavy atom. The van der Waals surface area contributed by atoms with Crippen LogP contribution in [0.1, 0.15) is 0 Å². The topological polar surface area (TPSA) is 230 Å². The maximum absolute atomic E-state index is 12.0. The third kappa shape index (κ3) is 6.36. The molecule has 0 aromatic heterocycles. The first kappa shape index (κ1) is 31.3. The van der Waals surface area contributed by atoms with Gasteiger partial charge in [0.05, 0.1) is 33.0 Å². The standard InChI is InChI=1S/C32H24N6O7S2/c33-26-14-9-20-15-23(46(40,41)42)16-28(39)30(20)32(26)38-36-22-12-7-19(8-13-22)18-5-10-21(11-6-18)35-37-27-17-29(47(43,44)45)24-3-1-2-4-25(24)31(27)34/h1-17,39H,33-34H2,(H,40,41,42)(H,43,44,45). The first-order valence-electron chi connectivity index (χ1n) is 13.6. The van der Waals surface area contributed by atoms with E-state index in [0.717, 1.165) is 17.2 Å². The second kappa shape index (κ2) is 11.9. The summed E-state index contributed by atoms with van der Waals surface area (Å²) >= 11 is 0. The molecular formula is C32H24N6O7S2. The summed E-state index contributed by atoms with van der Waals surface area (Å²) in [5, 5.41) is 28.4. The van der Waals surface area contributed by atoms with Crippen LogP contribution < -0.4 is 11.5 Å². The molecule has 0 atom stereocenters. The van der Waals surface area contributed by atoms with Gasteiger partial charge in [-0.05, 0) is 59.0 Å². The molecule has 0 bridgehead atoms. The third-order valence-corrected chi connectivity index (χ3v) is 9.01. The number of nitrogens with two attached hydrogens (primary N) is 2. The molecule has 0 amide bonds. The minimum absolute atomic E-state index is 0.0912. The summed E-state index contributed by atoms with van der Waals surface area (Å²) in [4.78, 5) is -0.784. The second-order valence-electron chi connectivity index (χ2n) is 10.3. The second-order valence-corrected chi connectivity index (χ2v) is 13.2. The lowest BCUT2D eigenvalue weighted by molar-refractivity contribution is 0.471. The predicted molar refractivity (Wildman–Crippen MR) is 178 cm³/mol. The molecule has 0 radical (unpaired) electrons. The summed E-state index contributed by atoms with van der Waals surface area (Å²) in [6.07, 6.45) is 0. The average Bonchev–Trinajstić information content (AvgIpc) is 3.03. The molecule has 0 spiro atoms. The van der Waals surface area contributed by atoms with Crippen LogP contribution >= 0.6 is 0 Å². The fraction of sp³-hybridized carbons (Fsp3) is 0. The molecule has 0 aliphatic carbocycles. The summed E-state index contributed by atoms with van der Waals surface area (Å²) in [6, 6.07) is 26.9. The largest absolute Gasteiger partial charge is 0.507 e. The number of hydrogen-bond acceptors (Lipinski definition) is 11. The number of rotatable bonds is 7. The third-order valence-electron chi connectivity index (χ3n) is 7.28. The molecule has 13 nitrogen and oxygen atoms in total. The van der Waals surface area contributed by atoms with E-state index in [4.69, 9.17) is 11.5 Å². The number of anilines is 2. The van der Waals surface area contributed by atoms with Crippen molar-refractivity contribution >= 4 is 75.9 Å². The van der Waals surface area contributed by atoms with Crippen LogP contribution in [0.15, 0.2) is 133 Å². The van der Waals surface area contributed by atoms with Gasteiger partial charge >= 0.3 is 0 Å². The number of fused-ring (bicyclic) bond motifs is 2. The zero-order valence-corrected chi connectivity index (χ0v) is 25.7. The van der Waals surface area contributed by atoms with Gasteiger partial charge in [-0.3, -0.25) is 9.11 Å². The quantitative estimate of drug-likeness (QED) is 0.0632. The fourth-order valence-corrected chi connectivity index (χ4v) is 6.23. The van der Waals surface area contributed by atoms with Crippen LogP contribution in [0.2, 0.25) is 0 Å². The molecular weight excluding hydrogens is 645 g/mol. The molecule has 6 aromatic rings. The Morgan fingerprint density at radius 1 is 0.596 bits per heavy atom. The number of benzene rings is 6. The van der Waals surface area contributed by atoms with Crippen LogP contribution in [-0.4, -0.2) is 31.0 Å². The minimum atomic E-state index is -4.54. The molecule has 0 saturated carbocycles. The summed E-state index contributed by atoms with van der Waals surface area (Å²) in [7, 11) is -9.08. The Balaban J connectivity index is 1.22. The van der Waals surface area contributed by atoms with Crippen molar-refractivity contribution in [2.24, 2.45) is 20.5 Å². The molecule has 47 heavy (non-hydrogen) atoms. The van der Waals surface area contributed by atoms with Gasteiger partial charge in [0, 0.05) is 16.8 Å². The molecule has 0 saturated heterocycles. The molecule has 0 aliphatic heterocycles. The molecule has 0 heterocycles. The SMILES string of the molecule is Nc1ccc2cc(S(=O)(=O)O)cc(O)c2c1N=Nc1ccc(-c2ccc(N=Nc3cc(S(=O)(=O)O)c4ccccc4c3N)cc2)cc1. The lowest BCUT2D eigenvalue weighted by atomic mass is 10.1. The molecule has 7 N–H and O–H groups in total. The normalized spacial score (nSPS) is 12.5. The van der Waals surface area contributed by atoms with Gasteiger partial charge in [0.25, 0.3) is 20.2 Å². The van der Waals surface area contributed by atoms with Gasteiger partial charge in [-0.15, -0.1) is 10.2 Å². The molecule has 0 unspecified atom stereocenters. The van der Waals surface area contributed by atoms with Gasteiger partial charge in [-0.2, -0.15) is 27.1 Å². The highest BCUT2D eigenvalue weighted by Crippen LogP contribution is 2.41. The van der Waals surface area contributed by atoms with Crippen LogP contribution in [0.4, 0.5) is 34.1 Å². The van der Waals surface area contributed by atoms with Crippen LogP contribution in [0.3, 0.4) is 0 Å². The van der Waals surface area contributed by atoms with Crippen LogP contribution in [0.5, 0.6) is 5.75 Å². The van der Waals surface area contributed by atoms with Crippen molar-refractivity contribution in [2.45, 2.75) is 9.79 Å². The highest BCUT2D eigenvalue weighted by Gasteiger charge is 2.19. The molecule has 0 aliphatic rings. The van der Waals surface area contributed by atoms with E-state index < -0.39 is 30.9 Å². The highest BCUT2D eigenvalue weighted by molar-refractivity contribution is 7.86.